The molecule has 0 saturated heterocycles. The normalized spacial score (nSPS) is 14.6. The van der Waals surface area contributed by atoms with Gasteiger partial charge in [0.15, 0.2) is 5.16 Å². The van der Waals surface area contributed by atoms with Crippen LogP contribution in [0, 0.1) is 0 Å². The number of nitrogens with zero attached hydrogens (tertiary/aromatic N) is 3. The molecule has 0 radical (unpaired) electrons. The highest BCUT2D eigenvalue weighted by Crippen LogP contribution is 2.39. The molecule has 1 heterocycles. The van der Waals surface area contributed by atoms with Crippen LogP contribution in [0.1, 0.15) is 24.6 Å². The zero-order chi connectivity index (χ0) is 12.3. The fourth-order valence-corrected chi connectivity index (χ4v) is 2.38. The van der Waals surface area contributed by atoms with Gasteiger partial charge in [-0.15, -0.1) is 16.8 Å². The van der Waals surface area contributed by atoms with E-state index in [-0.39, 0.29) is 5.91 Å². The third-order valence-electron chi connectivity index (χ3n) is 2.61. The van der Waals surface area contributed by atoms with E-state index in [1.807, 2.05) is 6.08 Å². The first-order valence-electron chi connectivity index (χ1n) is 5.63. The Morgan fingerprint density at radius 2 is 2.41 bits per heavy atom. The zero-order valence-corrected chi connectivity index (χ0v) is 10.7. The van der Waals surface area contributed by atoms with Crippen LogP contribution < -0.4 is 5.32 Å². The molecule has 1 aliphatic carbocycles. The number of allylic oxidation sites excluding steroid dienone is 1. The summed E-state index contributed by atoms with van der Waals surface area (Å²) in [5, 5.41) is 11.8. The van der Waals surface area contributed by atoms with Gasteiger partial charge >= 0.3 is 0 Å². The molecule has 0 aromatic carbocycles. The van der Waals surface area contributed by atoms with Crippen molar-refractivity contribution < 1.29 is 4.79 Å². The van der Waals surface area contributed by atoms with Gasteiger partial charge in [0.1, 0.15) is 5.82 Å². The summed E-state index contributed by atoms with van der Waals surface area (Å²) in [7, 11) is 1.63. The Labute approximate surface area is 105 Å². The molecule has 1 N–H and O–H groups in total. The summed E-state index contributed by atoms with van der Waals surface area (Å²) in [5.74, 6) is 1.95. The molecule has 6 heteroatoms. The van der Waals surface area contributed by atoms with Gasteiger partial charge in [-0.05, 0) is 12.8 Å². The Morgan fingerprint density at radius 1 is 1.65 bits per heavy atom. The highest BCUT2D eigenvalue weighted by atomic mass is 32.2. The van der Waals surface area contributed by atoms with E-state index in [1.54, 1.807) is 7.05 Å². The smallest absolute Gasteiger partial charge is 0.230 e. The topological polar surface area (TPSA) is 59.8 Å². The van der Waals surface area contributed by atoms with Crippen LogP contribution in [0.2, 0.25) is 0 Å². The SMILES string of the molecule is C=CCn1c(SCC(=O)NC)nnc1C1CC1. The fourth-order valence-electron chi connectivity index (χ4n) is 1.55. The Bertz CT molecular complexity index is 425. The van der Waals surface area contributed by atoms with E-state index in [2.05, 4.69) is 26.7 Å². The van der Waals surface area contributed by atoms with Crippen LogP contribution in [0.25, 0.3) is 0 Å². The van der Waals surface area contributed by atoms with Gasteiger partial charge in [0.2, 0.25) is 5.91 Å². The summed E-state index contributed by atoms with van der Waals surface area (Å²) in [5.41, 5.74) is 0. The molecule has 17 heavy (non-hydrogen) atoms. The maximum atomic E-state index is 11.2. The predicted octanol–water partition coefficient (Wildman–Crippen LogP) is 1.18. The van der Waals surface area contributed by atoms with Crippen LogP contribution in [0.5, 0.6) is 0 Å². The minimum atomic E-state index is -0.00359. The lowest BCUT2D eigenvalue weighted by molar-refractivity contribution is -0.118. The first-order valence-corrected chi connectivity index (χ1v) is 6.62. The van der Waals surface area contributed by atoms with Crippen molar-refractivity contribution in [3.8, 4) is 0 Å². The monoisotopic (exact) mass is 252 g/mol. The molecule has 1 aliphatic rings. The number of amides is 1. The Balaban J connectivity index is 2.09. The Morgan fingerprint density at radius 3 is 3.00 bits per heavy atom. The summed E-state index contributed by atoms with van der Waals surface area (Å²) < 4.78 is 2.05. The number of thioether (sulfide) groups is 1. The average molecular weight is 252 g/mol. The summed E-state index contributed by atoms with van der Waals surface area (Å²) in [6.07, 6.45) is 4.21. The van der Waals surface area contributed by atoms with Gasteiger partial charge in [0.25, 0.3) is 0 Å². The molecule has 1 saturated carbocycles. The van der Waals surface area contributed by atoms with Crippen molar-refractivity contribution in [3.05, 3.63) is 18.5 Å². The molecular weight excluding hydrogens is 236 g/mol. The number of carbonyl (C=O) groups is 1. The summed E-state index contributed by atoms with van der Waals surface area (Å²) >= 11 is 1.42. The Kier molecular flexibility index (Phi) is 3.83. The third-order valence-corrected chi connectivity index (χ3v) is 3.58. The molecule has 1 aromatic heterocycles. The number of carbonyl (C=O) groups excluding carboxylic acids is 1. The van der Waals surface area contributed by atoms with Crippen LogP contribution >= 0.6 is 11.8 Å². The maximum absolute atomic E-state index is 11.2. The molecule has 0 bridgehead atoms. The molecular formula is C11H16N4OS. The first-order chi connectivity index (χ1) is 8.26. The van der Waals surface area contributed by atoms with Crippen LogP contribution in [0.3, 0.4) is 0 Å². The van der Waals surface area contributed by atoms with Crippen molar-refractivity contribution in [2.45, 2.75) is 30.5 Å². The van der Waals surface area contributed by atoms with Crippen LogP contribution in [-0.4, -0.2) is 33.5 Å². The lowest BCUT2D eigenvalue weighted by atomic mass is 10.4. The van der Waals surface area contributed by atoms with Crippen molar-refractivity contribution >= 4 is 17.7 Å². The van der Waals surface area contributed by atoms with Gasteiger partial charge in [-0.1, -0.05) is 17.8 Å². The highest BCUT2D eigenvalue weighted by molar-refractivity contribution is 7.99. The second kappa shape index (κ2) is 5.35. The van der Waals surface area contributed by atoms with Gasteiger partial charge in [-0.3, -0.25) is 4.79 Å². The van der Waals surface area contributed by atoms with E-state index < -0.39 is 0 Å². The van der Waals surface area contributed by atoms with E-state index in [9.17, 15) is 4.79 Å². The number of nitrogens with one attached hydrogen (secondary N) is 1. The second-order valence-electron chi connectivity index (χ2n) is 3.98. The minimum Gasteiger partial charge on any atom is -0.358 e. The van der Waals surface area contributed by atoms with Crippen LogP contribution in [-0.2, 0) is 11.3 Å². The molecule has 1 aromatic rings. The van der Waals surface area contributed by atoms with Crippen molar-refractivity contribution in [3.63, 3.8) is 0 Å². The number of rotatable bonds is 6. The van der Waals surface area contributed by atoms with Crippen LogP contribution in [0.15, 0.2) is 17.8 Å². The molecule has 0 aliphatic heterocycles. The van der Waals surface area contributed by atoms with Gasteiger partial charge in [0.05, 0.1) is 5.75 Å². The van der Waals surface area contributed by atoms with Crippen LogP contribution in [0.4, 0.5) is 0 Å². The van der Waals surface area contributed by atoms with Crippen molar-refractivity contribution in [2.75, 3.05) is 12.8 Å². The molecule has 5 nitrogen and oxygen atoms in total. The zero-order valence-electron chi connectivity index (χ0n) is 9.85. The third kappa shape index (κ3) is 2.88. The van der Waals surface area contributed by atoms with Gasteiger partial charge in [0, 0.05) is 19.5 Å². The standard InChI is InChI=1S/C11H16N4OS/c1-3-6-15-10(8-4-5-8)13-14-11(15)17-7-9(16)12-2/h3,8H,1,4-7H2,2H3,(H,12,16). The minimum absolute atomic E-state index is 0.00359. The fraction of sp³-hybridized carbons (Fsp3) is 0.545. The van der Waals surface area contributed by atoms with Gasteiger partial charge in [-0.2, -0.15) is 0 Å². The lowest BCUT2D eigenvalue weighted by Crippen LogP contribution is -2.20. The summed E-state index contributed by atoms with van der Waals surface area (Å²) in [4.78, 5) is 11.2. The quantitative estimate of drug-likeness (QED) is 0.610. The van der Waals surface area contributed by atoms with Crippen molar-refractivity contribution in [2.24, 2.45) is 0 Å². The molecule has 2 rings (SSSR count). The van der Waals surface area contributed by atoms with Gasteiger partial charge in [-0.25, -0.2) is 0 Å². The Hall–Kier alpha value is -1.30. The number of hydrogen-bond donors (Lipinski definition) is 1. The lowest BCUT2D eigenvalue weighted by Gasteiger charge is -2.06. The first kappa shape index (κ1) is 12.2. The summed E-state index contributed by atoms with van der Waals surface area (Å²) in [6.45, 7) is 4.45. The molecule has 1 fully saturated rings. The highest BCUT2D eigenvalue weighted by Gasteiger charge is 2.30. The largest absolute Gasteiger partial charge is 0.358 e. The van der Waals surface area contributed by atoms with Gasteiger partial charge < -0.3 is 9.88 Å². The summed E-state index contributed by atoms with van der Waals surface area (Å²) in [6, 6.07) is 0. The van der Waals surface area contributed by atoms with E-state index in [0.717, 1.165) is 11.0 Å². The molecule has 0 unspecified atom stereocenters. The molecule has 1 amide bonds. The predicted molar refractivity (Wildman–Crippen MR) is 67.0 cm³/mol. The number of hydrogen-bond acceptors (Lipinski definition) is 4. The van der Waals surface area contributed by atoms with E-state index in [0.29, 0.717) is 18.2 Å². The van der Waals surface area contributed by atoms with Crippen molar-refractivity contribution in [1.29, 1.82) is 0 Å². The molecule has 0 spiro atoms. The van der Waals surface area contributed by atoms with E-state index in [4.69, 9.17) is 0 Å². The second-order valence-corrected chi connectivity index (χ2v) is 4.92. The average Bonchev–Trinajstić information content (AvgIpc) is 3.10. The molecule has 92 valence electrons. The maximum Gasteiger partial charge on any atom is 0.230 e. The van der Waals surface area contributed by atoms with E-state index >= 15 is 0 Å². The number of aromatic nitrogens is 3. The van der Waals surface area contributed by atoms with Crippen molar-refractivity contribution in [1.82, 2.24) is 20.1 Å². The molecule has 0 atom stereocenters. The van der Waals surface area contributed by atoms with E-state index in [1.165, 1.54) is 24.6 Å².